The number of nitrogen functional groups attached to an aromatic ring is 1. The van der Waals surface area contributed by atoms with Crippen LogP contribution in [0.2, 0.25) is 0 Å². The molecule has 0 atom stereocenters. The number of hydrogen-bond acceptors (Lipinski definition) is 7. The summed E-state index contributed by atoms with van der Waals surface area (Å²) in [6, 6.07) is 4.01. The Morgan fingerprint density at radius 2 is 2.06 bits per heavy atom. The summed E-state index contributed by atoms with van der Waals surface area (Å²) in [4.78, 5) is 26.4. The van der Waals surface area contributed by atoms with E-state index in [0.717, 1.165) is 83.2 Å². The smallest absolute Gasteiger partial charge is 0.219 e. The van der Waals surface area contributed by atoms with Crippen LogP contribution in [0, 0.1) is 0 Å². The molecule has 9 nitrogen and oxygen atoms in total. The van der Waals surface area contributed by atoms with E-state index in [2.05, 4.69) is 37.8 Å². The number of aromatic nitrogens is 5. The largest absolute Gasteiger partial charge is 0.382 e. The molecule has 1 amide bonds. The molecule has 4 aromatic heterocycles. The third kappa shape index (κ3) is 3.66. The van der Waals surface area contributed by atoms with Crippen molar-refractivity contribution in [2.45, 2.75) is 19.8 Å². The van der Waals surface area contributed by atoms with Crippen molar-refractivity contribution in [1.29, 1.82) is 0 Å². The first-order chi connectivity index (χ1) is 15.0. The Labute approximate surface area is 183 Å². The SMILES string of the molecule is CC(=O)N1CCN(CCCc2nc3c(N)nc4cc(-c5ccn[nH]5)sc4c3n2C)CC1. The Balaban J connectivity index is 1.35. The van der Waals surface area contributed by atoms with Crippen LogP contribution in [0.4, 0.5) is 5.82 Å². The fourth-order valence-corrected chi connectivity index (χ4v) is 5.45. The van der Waals surface area contributed by atoms with Crippen molar-refractivity contribution in [3.05, 3.63) is 24.2 Å². The van der Waals surface area contributed by atoms with E-state index in [4.69, 9.17) is 10.7 Å². The van der Waals surface area contributed by atoms with Crippen molar-refractivity contribution < 1.29 is 4.79 Å². The maximum atomic E-state index is 11.5. The van der Waals surface area contributed by atoms with Gasteiger partial charge in [0.15, 0.2) is 5.82 Å². The Morgan fingerprint density at radius 3 is 2.77 bits per heavy atom. The number of aromatic amines is 1. The number of nitrogens with one attached hydrogen (secondary N) is 1. The van der Waals surface area contributed by atoms with Gasteiger partial charge in [-0.3, -0.25) is 14.8 Å². The molecule has 0 unspecified atom stereocenters. The maximum Gasteiger partial charge on any atom is 0.219 e. The van der Waals surface area contributed by atoms with Gasteiger partial charge in [0.1, 0.15) is 11.3 Å². The van der Waals surface area contributed by atoms with Crippen molar-refractivity contribution in [1.82, 2.24) is 34.5 Å². The first-order valence-electron chi connectivity index (χ1n) is 10.5. The predicted octanol–water partition coefficient (Wildman–Crippen LogP) is 2.25. The number of nitrogens with two attached hydrogens (primary N) is 1. The summed E-state index contributed by atoms with van der Waals surface area (Å²) in [5.41, 5.74) is 9.95. The van der Waals surface area contributed by atoms with Gasteiger partial charge in [0.2, 0.25) is 5.91 Å². The fourth-order valence-electron chi connectivity index (χ4n) is 4.30. The maximum absolute atomic E-state index is 11.5. The van der Waals surface area contributed by atoms with E-state index in [-0.39, 0.29) is 5.91 Å². The second-order valence-electron chi connectivity index (χ2n) is 8.03. The highest BCUT2D eigenvalue weighted by molar-refractivity contribution is 7.23. The van der Waals surface area contributed by atoms with Crippen molar-refractivity contribution in [3.63, 3.8) is 0 Å². The Bertz CT molecular complexity index is 1230. The number of aryl methyl sites for hydroxylation is 2. The quantitative estimate of drug-likeness (QED) is 0.495. The molecule has 0 aromatic carbocycles. The second-order valence-corrected chi connectivity index (χ2v) is 9.08. The topological polar surface area (TPSA) is 109 Å². The van der Waals surface area contributed by atoms with E-state index < -0.39 is 0 Å². The summed E-state index contributed by atoms with van der Waals surface area (Å²) in [6.07, 6.45) is 3.63. The highest BCUT2D eigenvalue weighted by Gasteiger charge is 2.20. The van der Waals surface area contributed by atoms with Crippen molar-refractivity contribution in [3.8, 4) is 10.6 Å². The molecule has 3 N–H and O–H groups in total. The zero-order chi connectivity index (χ0) is 21.5. The molecule has 1 saturated heterocycles. The second kappa shape index (κ2) is 7.93. The Hall–Kier alpha value is -2.98. The minimum absolute atomic E-state index is 0.168. The van der Waals surface area contributed by atoms with Gasteiger partial charge in [-0.2, -0.15) is 5.10 Å². The first-order valence-corrected chi connectivity index (χ1v) is 11.3. The van der Waals surface area contributed by atoms with Gasteiger partial charge in [0, 0.05) is 52.8 Å². The molecule has 0 saturated carbocycles. The van der Waals surface area contributed by atoms with Crippen LogP contribution in [0.3, 0.4) is 0 Å². The van der Waals surface area contributed by atoms with Gasteiger partial charge in [0.05, 0.1) is 26.3 Å². The number of carbonyl (C=O) groups is 1. The summed E-state index contributed by atoms with van der Waals surface area (Å²) < 4.78 is 3.26. The lowest BCUT2D eigenvalue weighted by atomic mass is 10.2. The standard InChI is InChI=1S/C21H26N8OS/c1-13(30)29-10-8-28(9-11-29)7-3-4-17-25-18-19(27(17)2)20-15(24-21(18)22)12-16(31-20)14-5-6-23-26-14/h5-6,12H,3-4,7-11H2,1-2H3,(H2,22,24)(H,23,26). The molecule has 1 fully saturated rings. The number of H-pyrrole nitrogens is 1. The number of carbonyl (C=O) groups excluding carboxylic acids is 1. The predicted molar refractivity (Wildman–Crippen MR) is 123 cm³/mol. The van der Waals surface area contributed by atoms with E-state index in [1.165, 1.54) is 0 Å². The summed E-state index contributed by atoms with van der Waals surface area (Å²) in [7, 11) is 2.06. The number of fused-ring (bicyclic) bond motifs is 3. The van der Waals surface area contributed by atoms with E-state index in [0.29, 0.717) is 5.82 Å². The highest BCUT2D eigenvalue weighted by Crippen LogP contribution is 2.37. The van der Waals surface area contributed by atoms with Gasteiger partial charge in [-0.05, 0) is 25.1 Å². The average molecular weight is 439 g/mol. The van der Waals surface area contributed by atoms with E-state index in [1.807, 2.05) is 11.0 Å². The number of pyridine rings is 1. The van der Waals surface area contributed by atoms with Crippen molar-refractivity contribution in [2.75, 3.05) is 38.5 Å². The normalized spacial score (nSPS) is 15.4. The number of anilines is 1. The number of thiophene rings is 1. The number of imidazole rings is 1. The number of nitrogens with zero attached hydrogens (tertiary/aromatic N) is 6. The van der Waals surface area contributed by atoms with Gasteiger partial charge in [-0.15, -0.1) is 11.3 Å². The third-order valence-electron chi connectivity index (χ3n) is 6.06. The van der Waals surface area contributed by atoms with Crippen molar-refractivity contribution >= 4 is 44.3 Å². The molecule has 1 aliphatic heterocycles. The van der Waals surface area contributed by atoms with Crippen LogP contribution in [0.25, 0.3) is 31.8 Å². The summed E-state index contributed by atoms with van der Waals surface area (Å²) in [5.74, 6) is 1.66. The minimum Gasteiger partial charge on any atom is -0.382 e. The number of rotatable bonds is 5. The van der Waals surface area contributed by atoms with Crippen LogP contribution in [-0.2, 0) is 18.3 Å². The van der Waals surface area contributed by atoms with Gasteiger partial charge < -0.3 is 15.2 Å². The molecular weight excluding hydrogens is 412 g/mol. The molecule has 0 radical (unpaired) electrons. The molecule has 1 aliphatic rings. The van der Waals surface area contributed by atoms with Gasteiger partial charge >= 0.3 is 0 Å². The lowest BCUT2D eigenvalue weighted by Crippen LogP contribution is -2.48. The number of hydrogen-bond donors (Lipinski definition) is 2. The molecule has 5 heterocycles. The van der Waals surface area contributed by atoms with Crippen LogP contribution < -0.4 is 5.73 Å². The molecule has 10 heteroatoms. The number of amides is 1. The molecule has 162 valence electrons. The molecule has 0 aliphatic carbocycles. The molecule has 0 spiro atoms. The van der Waals surface area contributed by atoms with Crippen LogP contribution in [-0.4, -0.2) is 73.2 Å². The van der Waals surface area contributed by atoms with Crippen LogP contribution in [0.5, 0.6) is 0 Å². The van der Waals surface area contributed by atoms with Crippen LogP contribution >= 0.6 is 11.3 Å². The number of piperazine rings is 1. The van der Waals surface area contributed by atoms with Gasteiger partial charge in [0.25, 0.3) is 0 Å². The zero-order valence-electron chi connectivity index (χ0n) is 17.8. The Kier molecular flexibility index (Phi) is 5.11. The summed E-state index contributed by atoms with van der Waals surface area (Å²) >= 11 is 1.68. The average Bonchev–Trinajstić information content (AvgIpc) is 3.48. The molecule has 31 heavy (non-hydrogen) atoms. The molecular formula is C21H26N8OS. The van der Waals surface area contributed by atoms with E-state index >= 15 is 0 Å². The molecule has 5 rings (SSSR count). The van der Waals surface area contributed by atoms with Gasteiger partial charge in [-0.1, -0.05) is 0 Å². The third-order valence-corrected chi connectivity index (χ3v) is 7.22. The molecule has 0 bridgehead atoms. The lowest BCUT2D eigenvalue weighted by Gasteiger charge is -2.34. The van der Waals surface area contributed by atoms with E-state index in [1.54, 1.807) is 24.5 Å². The monoisotopic (exact) mass is 438 g/mol. The van der Waals surface area contributed by atoms with Gasteiger partial charge in [-0.25, -0.2) is 9.97 Å². The van der Waals surface area contributed by atoms with Crippen molar-refractivity contribution in [2.24, 2.45) is 7.05 Å². The van der Waals surface area contributed by atoms with Crippen LogP contribution in [0.1, 0.15) is 19.2 Å². The fraction of sp³-hybridized carbons (Fsp3) is 0.429. The Morgan fingerprint density at radius 1 is 1.26 bits per heavy atom. The van der Waals surface area contributed by atoms with E-state index in [9.17, 15) is 4.79 Å². The first kappa shape index (κ1) is 20.0. The molecule has 4 aromatic rings. The van der Waals surface area contributed by atoms with Crippen LogP contribution in [0.15, 0.2) is 18.3 Å². The lowest BCUT2D eigenvalue weighted by molar-refractivity contribution is -0.130. The summed E-state index contributed by atoms with van der Waals surface area (Å²) in [5, 5.41) is 7.07. The highest BCUT2D eigenvalue weighted by atomic mass is 32.1. The zero-order valence-corrected chi connectivity index (χ0v) is 18.6. The summed E-state index contributed by atoms with van der Waals surface area (Å²) in [6.45, 7) is 6.15. The minimum atomic E-state index is 0.168.